The summed E-state index contributed by atoms with van der Waals surface area (Å²) >= 11 is 1.53. The second-order valence-electron chi connectivity index (χ2n) is 5.58. The molecule has 3 heterocycles. The summed E-state index contributed by atoms with van der Waals surface area (Å²) in [4.78, 5) is 22.2. The van der Waals surface area contributed by atoms with Crippen LogP contribution in [0.1, 0.15) is 27.1 Å². The molecule has 21 heavy (non-hydrogen) atoms. The van der Waals surface area contributed by atoms with Crippen LogP contribution in [0.15, 0.2) is 23.8 Å². The quantitative estimate of drug-likeness (QED) is 0.851. The van der Waals surface area contributed by atoms with E-state index < -0.39 is 0 Å². The monoisotopic (exact) mass is 304 g/mol. The predicted octanol–water partition coefficient (Wildman–Crippen LogP) is 1.92. The van der Waals surface area contributed by atoms with Gasteiger partial charge < -0.3 is 9.47 Å². The number of likely N-dealkylation sites (N-methyl/N-ethyl adjacent to an activating group) is 1. The van der Waals surface area contributed by atoms with Gasteiger partial charge in [0.25, 0.3) is 5.91 Å². The fourth-order valence-electron chi connectivity index (χ4n) is 2.77. The molecule has 1 atom stereocenters. The van der Waals surface area contributed by atoms with E-state index in [1.807, 2.05) is 47.3 Å². The van der Waals surface area contributed by atoms with E-state index in [9.17, 15) is 4.79 Å². The van der Waals surface area contributed by atoms with E-state index >= 15 is 0 Å². The van der Waals surface area contributed by atoms with Crippen molar-refractivity contribution >= 4 is 17.2 Å². The molecule has 1 amide bonds. The van der Waals surface area contributed by atoms with Crippen LogP contribution >= 0.6 is 11.3 Å². The van der Waals surface area contributed by atoms with Gasteiger partial charge in [0.15, 0.2) is 0 Å². The highest BCUT2D eigenvalue weighted by atomic mass is 32.1. The molecule has 1 fully saturated rings. The lowest BCUT2D eigenvalue weighted by Gasteiger charge is -2.38. The molecule has 2 aromatic heterocycles. The Balaban J connectivity index is 1.82. The fourth-order valence-corrected chi connectivity index (χ4v) is 3.66. The number of rotatable bonds is 2. The van der Waals surface area contributed by atoms with E-state index in [0.29, 0.717) is 6.54 Å². The number of aryl methyl sites for hydroxylation is 2. The van der Waals surface area contributed by atoms with Gasteiger partial charge in [0.1, 0.15) is 5.82 Å². The van der Waals surface area contributed by atoms with Gasteiger partial charge in [-0.05, 0) is 31.0 Å². The van der Waals surface area contributed by atoms with Crippen LogP contribution in [0.3, 0.4) is 0 Å². The third kappa shape index (κ3) is 2.61. The highest BCUT2D eigenvalue weighted by Gasteiger charge is 2.31. The van der Waals surface area contributed by atoms with Crippen LogP contribution in [0.25, 0.3) is 0 Å². The summed E-state index contributed by atoms with van der Waals surface area (Å²) in [6.07, 6.45) is 3.76. The molecule has 0 radical (unpaired) electrons. The Morgan fingerprint density at radius 2 is 2.19 bits per heavy atom. The maximum atomic E-state index is 12.7. The predicted molar refractivity (Wildman–Crippen MR) is 83.5 cm³/mol. The van der Waals surface area contributed by atoms with Gasteiger partial charge in [-0.25, -0.2) is 4.98 Å². The highest BCUT2D eigenvalue weighted by molar-refractivity contribution is 7.12. The third-order valence-electron chi connectivity index (χ3n) is 4.15. The molecule has 112 valence electrons. The van der Waals surface area contributed by atoms with Crippen LogP contribution < -0.4 is 0 Å². The first kappa shape index (κ1) is 14.3. The average molecular weight is 304 g/mol. The fraction of sp³-hybridized carbons (Fsp3) is 0.467. The van der Waals surface area contributed by atoms with Gasteiger partial charge in [0, 0.05) is 39.1 Å². The van der Waals surface area contributed by atoms with Gasteiger partial charge in [-0.1, -0.05) is 0 Å². The zero-order chi connectivity index (χ0) is 15.0. The third-order valence-corrected chi connectivity index (χ3v) is 5.15. The topological polar surface area (TPSA) is 41.4 Å². The van der Waals surface area contributed by atoms with E-state index in [1.54, 1.807) is 0 Å². The molecule has 0 spiro atoms. The summed E-state index contributed by atoms with van der Waals surface area (Å²) in [6.45, 7) is 4.33. The molecular weight excluding hydrogens is 284 g/mol. The molecule has 1 saturated heterocycles. The molecule has 5 nitrogen and oxygen atoms in total. The highest BCUT2D eigenvalue weighted by Crippen LogP contribution is 2.25. The Morgan fingerprint density at radius 1 is 1.38 bits per heavy atom. The van der Waals surface area contributed by atoms with Gasteiger partial charge in [-0.2, -0.15) is 0 Å². The number of hydrogen-bond donors (Lipinski definition) is 0. The normalized spacial score (nSPS) is 20.0. The minimum Gasteiger partial charge on any atom is -0.337 e. The van der Waals surface area contributed by atoms with Crippen molar-refractivity contribution in [2.45, 2.75) is 13.0 Å². The summed E-state index contributed by atoms with van der Waals surface area (Å²) in [5.41, 5.74) is 1.07. The summed E-state index contributed by atoms with van der Waals surface area (Å²) in [6, 6.07) is 2.16. The smallest absolute Gasteiger partial charge is 0.264 e. The molecule has 2 aromatic rings. The van der Waals surface area contributed by atoms with Gasteiger partial charge in [0.2, 0.25) is 0 Å². The van der Waals surface area contributed by atoms with Gasteiger partial charge in [0.05, 0.1) is 10.9 Å². The van der Waals surface area contributed by atoms with Crippen molar-refractivity contribution < 1.29 is 4.79 Å². The number of hydrogen-bond acceptors (Lipinski definition) is 4. The molecule has 1 aliphatic heterocycles. The lowest BCUT2D eigenvalue weighted by Crippen LogP contribution is -2.49. The van der Waals surface area contributed by atoms with E-state index in [2.05, 4.69) is 16.9 Å². The molecule has 0 aromatic carbocycles. The summed E-state index contributed by atoms with van der Waals surface area (Å²) < 4.78 is 2.03. The maximum absolute atomic E-state index is 12.7. The van der Waals surface area contributed by atoms with Crippen LogP contribution in [0.2, 0.25) is 0 Å². The van der Waals surface area contributed by atoms with E-state index in [0.717, 1.165) is 29.4 Å². The Hall–Kier alpha value is -1.66. The molecule has 6 heteroatoms. The van der Waals surface area contributed by atoms with Crippen molar-refractivity contribution in [3.63, 3.8) is 0 Å². The van der Waals surface area contributed by atoms with Gasteiger partial charge >= 0.3 is 0 Å². The Bertz CT molecular complexity index is 648. The number of nitrogens with zero attached hydrogens (tertiary/aromatic N) is 4. The van der Waals surface area contributed by atoms with E-state index in [-0.39, 0.29) is 11.9 Å². The molecule has 0 aliphatic carbocycles. The first-order chi connectivity index (χ1) is 10.1. The standard InChI is InChI=1S/C15H20N4OS/c1-11-4-9-21-13(11)15(20)19-8-7-17(2)12(10-19)14-16-5-6-18(14)3/h4-6,9,12H,7-8,10H2,1-3H3/t12-/m1/s1. The number of imidazole rings is 1. The number of carbonyl (C=O) groups excluding carboxylic acids is 1. The minimum absolute atomic E-state index is 0.148. The number of amides is 1. The van der Waals surface area contributed by atoms with E-state index in [1.165, 1.54) is 11.3 Å². The Labute approximate surface area is 128 Å². The van der Waals surface area contributed by atoms with Crippen molar-refractivity contribution in [2.75, 3.05) is 26.7 Å². The first-order valence-electron chi connectivity index (χ1n) is 7.08. The zero-order valence-corrected chi connectivity index (χ0v) is 13.4. The summed E-state index contributed by atoms with van der Waals surface area (Å²) in [7, 11) is 4.10. The number of aromatic nitrogens is 2. The molecule has 0 bridgehead atoms. The molecule has 0 unspecified atom stereocenters. The lowest BCUT2D eigenvalue weighted by molar-refractivity contribution is 0.0532. The lowest BCUT2D eigenvalue weighted by atomic mass is 10.1. The first-order valence-corrected chi connectivity index (χ1v) is 7.96. The molecule has 0 N–H and O–H groups in total. The van der Waals surface area contributed by atoms with Crippen molar-refractivity contribution in [3.8, 4) is 0 Å². The molecular formula is C15H20N4OS. The van der Waals surface area contributed by atoms with Gasteiger partial charge in [-0.15, -0.1) is 11.3 Å². The zero-order valence-electron chi connectivity index (χ0n) is 12.6. The van der Waals surface area contributed by atoms with Crippen molar-refractivity contribution in [3.05, 3.63) is 40.1 Å². The molecule has 0 saturated carbocycles. The van der Waals surface area contributed by atoms with Crippen molar-refractivity contribution in [1.29, 1.82) is 0 Å². The largest absolute Gasteiger partial charge is 0.337 e. The molecule has 1 aliphatic rings. The second kappa shape index (κ2) is 5.61. The van der Waals surface area contributed by atoms with Crippen molar-refractivity contribution in [2.24, 2.45) is 7.05 Å². The van der Waals surface area contributed by atoms with Crippen LogP contribution in [0.4, 0.5) is 0 Å². The summed E-state index contributed by atoms with van der Waals surface area (Å²) in [5.74, 6) is 1.16. The van der Waals surface area contributed by atoms with Crippen LogP contribution in [-0.2, 0) is 7.05 Å². The van der Waals surface area contributed by atoms with Crippen LogP contribution in [0.5, 0.6) is 0 Å². The number of thiophene rings is 1. The Morgan fingerprint density at radius 3 is 2.81 bits per heavy atom. The van der Waals surface area contributed by atoms with E-state index in [4.69, 9.17) is 0 Å². The Kier molecular flexibility index (Phi) is 3.82. The number of carbonyl (C=O) groups is 1. The van der Waals surface area contributed by atoms with Crippen molar-refractivity contribution in [1.82, 2.24) is 19.4 Å². The summed E-state index contributed by atoms with van der Waals surface area (Å²) in [5, 5.41) is 1.98. The molecule has 3 rings (SSSR count). The second-order valence-corrected chi connectivity index (χ2v) is 6.49. The maximum Gasteiger partial charge on any atom is 0.264 e. The minimum atomic E-state index is 0.148. The SMILES string of the molecule is Cc1ccsc1C(=O)N1CCN(C)[C@@H](c2nccn2C)C1. The van der Waals surface area contributed by atoms with Crippen LogP contribution in [-0.4, -0.2) is 51.9 Å². The average Bonchev–Trinajstić information content (AvgIpc) is 3.07. The number of piperazine rings is 1. The van der Waals surface area contributed by atoms with Crippen LogP contribution in [0, 0.1) is 6.92 Å². The van der Waals surface area contributed by atoms with Gasteiger partial charge in [-0.3, -0.25) is 9.69 Å².